The maximum atomic E-state index is 4.68. The van der Waals surface area contributed by atoms with Crippen LogP contribution in [0.15, 0.2) is 84.0 Å². The van der Waals surface area contributed by atoms with E-state index in [0.29, 0.717) is 0 Å². The van der Waals surface area contributed by atoms with Crippen LogP contribution in [0.1, 0.15) is 43.0 Å². The van der Waals surface area contributed by atoms with Crippen molar-refractivity contribution in [1.82, 2.24) is 4.98 Å². The minimum atomic E-state index is 0.133. The predicted molar refractivity (Wildman–Crippen MR) is 124 cm³/mol. The van der Waals surface area contributed by atoms with Crippen LogP contribution in [0.2, 0.25) is 0 Å². The number of para-hydroxylation sites is 2. The van der Waals surface area contributed by atoms with E-state index in [9.17, 15) is 0 Å². The number of hydrogen-bond donors (Lipinski definition) is 1. The van der Waals surface area contributed by atoms with Crippen LogP contribution in [0.3, 0.4) is 0 Å². The summed E-state index contributed by atoms with van der Waals surface area (Å²) in [6.45, 7) is 6.75. The van der Waals surface area contributed by atoms with Gasteiger partial charge in [-0.05, 0) is 28.7 Å². The minimum Gasteiger partial charge on any atom is -0.361 e. The van der Waals surface area contributed by atoms with Gasteiger partial charge in [0.1, 0.15) is 0 Å². The van der Waals surface area contributed by atoms with Crippen molar-refractivity contribution in [2.75, 3.05) is 0 Å². The van der Waals surface area contributed by atoms with Crippen LogP contribution in [0.5, 0.6) is 0 Å². The Balaban J connectivity index is 1.78. The fourth-order valence-corrected chi connectivity index (χ4v) is 4.09. The molecule has 1 aliphatic heterocycles. The molecule has 0 fully saturated rings. The van der Waals surface area contributed by atoms with Crippen LogP contribution in [0, 0.1) is 0 Å². The number of benzene rings is 3. The average molecular weight is 377 g/mol. The van der Waals surface area contributed by atoms with Crippen molar-refractivity contribution in [2.45, 2.75) is 26.2 Å². The van der Waals surface area contributed by atoms with Gasteiger partial charge >= 0.3 is 0 Å². The third-order valence-electron chi connectivity index (χ3n) is 5.69. The van der Waals surface area contributed by atoms with Crippen molar-refractivity contribution < 1.29 is 0 Å². The van der Waals surface area contributed by atoms with Crippen LogP contribution in [-0.2, 0) is 5.41 Å². The van der Waals surface area contributed by atoms with Gasteiger partial charge in [0.25, 0.3) is 0 Å². The van der Waals surface area contributed by atoms with Crippen molar-refractivity contribution in [1.29, 1.82) is 0 Å². The molecular formula is C27H24N2. The molecule has 0 spiro atoms. The maximum Gasteiger partial charge on any atom is 0.0709 e. The van der Waals surface area contributed by atoms with Gasteiger partial charge in [-0.1, -0.05) is 81.4 Å². The van der Waals surface area contributed by atoms with Crippen LogP contribution in [0.25, 0.3) is 22.0 Å². The molecular weight excluding hydrogens is 352 g/mol. The Morgan fingerprint density at radius 3 is 2.34 bits per heavy atom. The van der Waals surface area contributed by atoms with E-state index in [1.807, 2.05) is 12.3 Å². The minimum absolute atomic E-state index is 0.133. The molecule has 29 heavy (non-hydrogen) atoms. The monoisotopic (exact) mass is 376 g/mol. The van der Waals surface area contributed by atoms with Crippen LogP contribution in [-0.4, -0.2) is 11.2 Å². The van der Waals surface area contributed by atoms with Crippen LogP contribution >= 0.6 is 0 Å². The second-order valence-electron chi connectivity index (χ2n) is 8.64. The van der Waals surface area contributed by atoms with Crippen molar-refractivity contribution in [2.24, 2.45) is 4.99 Å². The second kappa shape index (κ2) is 6.59. The fourth-order valence-electron chi connectivity index (χ4n) is 4.09. The number of rotatable bonds is 2. The number of aliphatic imine (C=N–C) groups is 1. The standard InChI is InChI=1S/C27H24N2/c1-27(2,3)19-14-12-18(13-15-19)26(22-16-28-24-10-6-4-8-20(22)24)23-17-29-25-11-7-5-9-21(23)25/h4-17,28H,1-3H3/b26-23+. The topological polar surface area (TPSA) is 28.1 Å². The fraction of sp³-hybridized carbons (Fsp3) is 0.148. The van der Waals surface area contributed by atoms with Gasteiger partial charge in [-0.3, -0.25) is 4.99 Å². The van der Waals surface area contributed by atoms with E-state index in [2.05, 4.69) is 104 Å². The van der Waals surface area contributed by atoms with Crippen molar-refractivity contribution >= 4 is 34.0 Å². The van der Waals surface area contributed by atoms with E-state index in [1.165, 1.54) is 38.8 Å². The lowest BCUT2D eigenvalue weighted by molar-refractivity contribution is 0.590. The molecule has 0 radical (unpaired) electrons. The van der Waals surface area contributed by atoms with Crippen LogP contribution < -0.4 is 0 Å². The Labute approximate surface area is 171 Å². The summed E-state index contributed by atoms with van der Waals surface area (Å²) in [6, 6.07) is 25.9. The summed E-state index contributed by atoms with van der Waals surface area (Å²) >= 11 is 0. The molecule has 2 heteroatoms. The smallest absolute Gasteiger partial charge is 0.0709 e. The Hall–Kier alpha value is -3.39. The summed E-state index contributed by atoms with van der Waals surface area (Å²) in [5.41, 5.74) is 9.65. The first-order chi connectivity index (χ1) is 14.0. The van der Waals surface area contributed by atoms with Crippen LogP contribution in [0.4, 0.5) is 5.69 Å². The largest absolute Gasteiger partial charge is 0.361 e. The maximum absolute atomic E-state index is 4.68. The Kier molecular flexibility index (Phi) is 4.02. The average Bonchev–Trinajstić information content (AvgIpc) is 3.34. The molecule has 142 valence electrons. The lowest BCUT2D eigenvalue weighted by atomic mass is 9.84. The van der Waals surface area contributed by atoms with Gasteiger partial charge in [-0.2, -0.15) is 0 Å². The van der Waals surface area contributed by atoms with E-state index in [0.717, 1.165) is 11.2 Å². The van der Waals surface area contributed by atoms with Gasteiger partial charge < -0.3 is 4.98 Å². The summed E-state index contributed by atoms with van der Waals surface area (Å²) in [4.78, 5) is 8.12. The molecule has 1 aliphatic rings. The molecule has 0 aliphatic carbocycles. The van der Waals surface area contributed by atoms with Gasteiger partial charge in [0.15, 0.2) is 0 Å². The zero-order valence-corrected chi connectivity index (χ0v) is 17.0. The SMILES string of the molecule is CC(C)(C)c1ccc(/C(=C2/C=Nc3ccccc32)c2c[nH]c3ccccc23)cc1. The number of nitrogens with zero attached hydrogens (tertiary/aromatic N) is 1. The number of aromatic amines is 1. The summed E-state index contributed by atoms with van der Waals surface area (Å²) in [7, 11) is 0. The Morgan fingerprint density at radius 1 is 0.828 bits per heavy atom. The van der Waals surface area contributed by atoms with E-state index in [4.69, 9.17) is 0 Å². The molecule has 5 rings (SSSR count). The first kappa shape index (κ1) is 17.7. The lowest BCUT2D eigenvalue weighted by Crippen LogP contribution is -2.10. The Bertz CT molecular complexity index is 1260. The van der Waals surface area contributed by atoms with Gasteiger partial charge in [0.05, 0.1) is 5.69 Å². The zero-order valence-electron chi connectivity index (χ0n) is 17.0. The molecule has 4 aromatic rings. The summed E-state index contributed by atoms with van der Waals surface area (Å²) in [5.74, 6) is 0. The van der Waals surface area contributed by atoms with Gasteiger partial charge in [-0.25, -0.2) is 0 Å². The molecule has 0 unspecified atom stereocenters. The second-order valence-corrected chi connectivity index (χ2v) is 8.64. The number of aromatic nitrogens is 1. The molecule has 0 atom stereocenters. The highest BCUT2D eigenvalue weighted by Gasteiger charge is 2.21. The van der Waals surface area contributed by atoms with E-state index >= 15 is 0 Å². The summed E-state index contributed by atoms with van der Waals surface area (Å²) < 4.78 is 0. The number of H-pyrrole nitrogens is 1. The van der Waals surface area contributed by atoms with Gasteiger partial charge in [0, 0.05) is 45.6 Å². The lowest BCUT2D eigenvalue weighted by Gasteiger charge is -2.20. The molecule has 1 aromatic heterocycles. The number of fused-ring (bicyclic) bond motifs is 2. The molecule has 0 amide bonds. The molecule has 1 N–H and O–H groups in total. The first-order valence-electron chi connectivity index (χ1n) is 10.1. The highest BCUT2D eigenvalue weighted by molar-refractivity contribution is 6.27. The number of allylic oxidation sites excluding steroid dienone is 1. The number of hydrogen-bond acceptors (Lipinski definition) is 1. The Morgan fingerprint density at radius 2 is 1.55 bits per heavy atom. The summed E-state index contributed by atoms with van der Waals surface area (Å²) in [6.07, 6.45) is 4.14. The highest BCUT2D eigenvalue weighted by atomic mass is 14.8. The quantitative estimate of drug-likeness (QED) is 0.385. The van der Waals surface area contributed by atoms with E-state index < -0.39 is 0 Å². The molecule has 0 bridgehead atoms. The molecule has 2 nitrogen and oxygen atoms in total. The highest BCUT2D eigenvalue weighted by Crippen LogP contribution is 2.41. The van der Waals surface area contributed by atoms with Crippen molar-refractivity contribution in [3.05, 3.63) is 101 Å². The third kappa shape index (κ3) is 3.01. The van der Waals surface area contributed by atoms with Gasteiger partial charge in [0.2, 0.25) is 0 Å². The van der Waals surface area contributed by atoms with Gasteiger partial charge in [-0.15, -0.1) is 0 Å². The summed E-state index contributed by atoms with van der Waals surface area (Å²) in [5, 5.41) is 1.23. The normalized spacial score (nSPS) is 15.0. The molecule has 0 saturated heterocycles. The predicted octanol–water partition coefficient (Wildman–Crippen LogP) is 7.14. The zero-order chi connectivity index (χ0) is 20.0. The molecule has 0 saturated carbocycles. The molecule has 2 heterocycles. The van der Waals surface area contributed by atoms with Crippen molar-refractivity contribution in [3.63, 3.8) is 0 Å². The third-order valence-corrected chi connectivity index (χ3v) is 5.69. The van der Waals surface area contributed by atoms with E-state index in [-0.39, 0.29) is 5.41 Å². The molecule has 3 aromatic carbocycles. The van der Waals surface area contributed by atoms with E-state index in [1.54, 1.807) is 0 Å². The first-order valence-corrected chi connectivity index (χ1v) is 10.1. The van der Waals surface area contributed by atoms with Crippen molar-refractivity contribution in [3.8, 4) is 0 Å². The number of nitrogens with one attached hydrogen (secondary N) is 1.